The molecule has 1 fully saturated rings. The van der Waals surface area contributed by atoms with Crippen molar-refractivity contribution in [3.63, 3.8) is 0 Å². The minimum Gasteiger partial charge on any atom is -0.464 e. The molecule has 1 aliphatic carbocycles. The summed E-state index contributed by atoms with van der Waals surface area (Å²) in [5.41, 5.74) is -2.48. The number of ether oxygens (including phenoxy) is 2. The second kappa shape index (κ2) is 7.59. The number of alkyl carbamates (subject to hydrolysis) is 1. The zero-order valence-corrected chi connectivity index (χ0v) is 14.1. The number of halogens is 1. The predicted octanol–water partition coefficient (Wildman–Crippen LogP) is 1.61. The number of hydrogen-bond acceptors (Lipinski definition) is 7. The number of hydrogen-bond donors (Lipinski definition) is 1. The molecule has 0 aromatic heterocycles. The van der Waals surface area contributed by atoms with E-state index in [-0.39, 0.29) is 19.4 Å². The molecule has 1 saturated carbocycles. The van der Waals surface area contributed by atoms with Crippen LogP contribution in [0.3, 0.4) is 0 Å². The van der Waals surface area contributed by atoms with Gasteiger partial charge in [0.25, 0.3) is 0 Å². The van der Waals surface area contributed by atoms with E-state index in [9.17, 15) is 23.7 Å². The van der Waals surface area contributed by atoms with Gasteiger partial charge in [0.15, 0.2) is 0 Å². The molecular formula is C15H22FNO7. The third-order valence-electron chi connectivity index (χ3n) is 3.51. The lowest BCUT2D eigenvalue weighted by atomic mass is 9.75. The van der Waals surface area contributed by atoms with Crippen LogP contribution in [0.2, 0.25) is 0 Å². The van der Waals surface area contributed by atoms with Gasteiger partial charge in [-0.1, -0.05) is 0 Å². The summed E-state index contributed by atoms with van der Waals surface area (Å²) in [6.07, 6.45) is -1.65. The number of Topliss-reactive ketones (excluding diaryl/α,β-unsaturated/α-hetero) is 1. The lowest BCUT2D eigenvalue weighted by molar-refractivity contribution is -0.191. The van der Waals surface area contributed by atoms with E-state index in [1.54, 1.807) is 27.7 Å². The first-order chi connectivity index (χ1) is 11.0. The molecule has 1 amide bonds. The van der Waals surface area contributed by atoms with E-state index in [2.05, 4.69) is 10.3 Å². The normalized spacial score (nSPS) is 24.0. The van der Waals surface area contributed by atoms with Crippen molar-refractivity contribution in [2.75, 3.05) is 6.61 Å². The van der Waals surface area contributed by atoms with E-state index in [1.165, 1.54) is 0 Å². The zero-order valence-electron chi connectivity index (χ0n) is 14.1. The van der Waals surface area contributed by atoms with Crippen LogP contribution >= 0.6 is 0 Å². The molecule has 1 rings (SSSR count). The van der Waals surface area contributed by atoms with Crippen LogP contribution in [0.5, 0.6) is 0 Å². The van der Waals surface area contributed by atoms with Crippen molar-refractivity contribution in [3.8, 4) is 0 Å². The first-order valence-electron chi connectivity index (χ1n) is 7.58. The molecule has 136 valence electrons. The summed E-state index contributed by atoms with van der Waals surface area (Å²) >= 11 is 0. The van der Waals surface area contributed by atoms with E-state index >= 15 is 0 Å². The van der Waals surface area contributed by atoms with Crippen LogP contribution in [0, 0.1) is 5.92 Å². The van der Waals surface area contributed by atoms with Gasteiger partial charge in [-0.3, -0.25) is 9.74 Å². The summed E-state index contributed by atoms with van der Waals surface area (Å²) < 4.78 is 22.3. The lowest BCUT2D eigenvalue weighted by Gasteiger charge is -2.37. The van der Waals surface area contributed by atoms with Crippen molar-refractivity contribution in [3.05, 3.63) is 0 Å². The summed E-state index contributed by atoms with van der Waals surface area (Å²) in [6, 6.07) is 0. The van der Waals surface area contributed by atoms with E-state index in [0.29, 0.717) is 0 Å². The van der Waals surface area contributed by atoms with Crippen LogP contribution in [0.15, 0.2) is 0 Å². The number of amides is 1. The maximum absolute atomic E-state index is 12.3. The Labute approximate surface area is 138 Å². The fourth-order valence-corrected chi connectivity index (χ4v) is 2.46. The van der Waals surface area contributed by atoms with Gasteiger partial charge in [-0.05, 0) is 34.1 Å². The average molecular weight is 347 g/mol. The summed E-state index contributed by atoms with van der Waals surface area (Å²) in [5.74, 6) is -4.29. The Balaban J connectivity index is 3.07. The number of nitrogens with one attached hydrogen (secondary N) is 1. The van der Waals surface area contributed by atoms with Gasteiger partial charge < -0.3 is 14.8 Å². The number of rotatable bonds is 4. The summed E-state index contributed by atoms with van der Waals surface area (Å²) in [4.78, 5) is 50.8. The second-order valence-corrected chi connectivity index (χ2v) is 6.55. The minimum absolute atomic E-state index is 0.0305. The van der Waals surface area contributed by atoms with Gasteiger partial charge in [0.1, 0.15) is 22.8 Å². The molecule has 8 nitrogen and oxygen atoms in total. The smallest absolute Gasteiger partial charge is 0.408 e. The van der Waals surface area contributed by atoms with Crippen LogP contribution in [-0.2, 0) is 28.8 Å². The molecular weight excluding hydrogens is 325 g/mol. The highest BCUT2D eigenvalue weighted by atomic mass is 19.3. The number of ketones is 1. The Morgan fingerprint density at radius 2 is 1.96 bits per heavy atom. The maximum Gasteiger partial charge on any atom is 0.408 e. The highest BCUT2D eigenvalue weighted by Crippen LogP contribution is 2.33. The van der Waals surface area contributed by atoms with Gasteiger partial charge in [0, 0.05) is 17.4 Å². The molecule has 1 aliphatic rings. The van der Waals surface area contributed by atoms with Gasteiger partial charge in [0.05, 0.1) is 6.61 Å². The molecule has 0 radical (unpaired) electrons. The molecule has 2 atom stereocenters. The minimum atomic E-state index is -1.66. The average Bonchev–Trinajstić information content (AvgIpc) is 2.46. The third-order valence-corrected chi connectivity index (χ3v) is 3.51. The monoisotopic (exact) mass is 347 g/mol. The van der Waals surface area contributed by atoms with Crippen molar-refractivity contribution in [2.24, 2.45) is 5.92 Å². The van der Waals surface area contributed by atoms with Crippen LogP contribution in [0.1, 0.15) is 47.0 Å². The molecule has 0 aromatic carbocycles. The fourth-order valence-electron chi connectivity index (χ4n) is 2.46. The first kappa shape index (κ1) is 19.9. The van der Waals surface area contributed by atoms with Gasteiger partial charge in [-0.25, -0.2) is 14.4 Å². The standard InChI is InChI=1S/C15H22FNO7/c1-5-22-12(20)15(17-13(21)23-14(2,3)4)7-6-10(18)9(8-15)11(19)24-16/h9H,5-8H2,1-4H3,(H,17,21). The van der Waals surface area contributed by atoms with Gasteiger partial charge in [-0.15, -0.1) is 0 Å². The Hall–Kier alpha value is -2.19. The van der Waals surface area contributed by atoms with Crippen LogP contribution in [-0.4, -0.2) is 41.6 Å². The Kier molecular flexibility index (Phi) is 6.28. The molecule has 0 saturated heterocycles. The van der Waals surface area contributed by atoms with Gasteiger partial charge in [0.2, 0.25) is 0 Å². The first-order valence-corrected chi connectivity index (χ1v) is 7.58. The third kappa shape index (κ3) is 4.90. The lowest BCUT2D eigenvalue weighted by Crippen LogP contribution is -2.60. The molecule has 24 heavy (non-hydrogen) atoms. The number of carbonyl (C=O) groups excluding carboxylic acids is 4. The largest absolute Gasteiger partial charge is 0.464 e. The number of esters is 1. The number of carbonyl (C=O) groups is 4. The Morgan fingerprint density at radius 3 is 2.46 bits per heavy atom. The molecule has 9 heteroatoms. The molecule has 0 aromatic rings. The second-order valence-electron chi connectivity index (χ2n) is 6.55. The molecule has 1 N–H and O–H groups in total. The van der Waals surface area contributed by atoms with Crippen LogP contribution < -0.4 is 5.32 Å². The Bertz CT molecular complexity index is 520. The van der Waals surface area contributed by atoms with Crippen LogP contribution in [0.25, 0.3) is 0 Å². The summed E-state index contributed by atoms with van der Waals surface area (Å²) in [5, 5.41) is 2.38. The predicted molar refractivity (Wildman–Crippen MR) is 78.3 cm³/mol. The van der Waals surface area contributed by atoms with E-state index in [0.717, 1.165) is 0 Å². The van der Waals surface area contributed by atoms with Crippen molar-refractivity contribution in [1.29, 1.82) is 0 Å². The molecule has 0 heterocycles. The van der Waals surface area contributed by atoms with Crippen molar-refractivity contribution in [1.82, 2.24) is 5.32 Å². The highest BCUT2D eigenvalue weighted by molar-refractivity contribution is 6.01. The summed E-state index contributed by atoms with van der Waals surface area (Å²) in [6.45, 7) is 6.51. The van der Waals surface area contributed by atoms with Crippen molar-refractivity contribution in [2.45, 2.75) is 58.1 Å². The van der Waals surface area contributed by atoms with Crippen molar-refractivity contribution >= 4 is 23.8 Å². The van der Waals surface area contributed by atoms with Crippen LogP contribution in [0.4, 0.5) is 9.32 Å². The maximum atomic E-state index is 12.3. The molecule has 0 aliphatic heterocycles. The molecule has 0 spiro atoms. The van der Waals surface area contributed by atoms with E-state index < -0.39 is 47.3 Å². The van der Waals surface area contributed by atoms with Gasteiger partial charge >= 0.3 is 18.0 Å². The SMILES string of the molecule is CCOC(=O)C1(NC(=O)OC(C)(C)C)CCC(=O)C(C(=O)OF)C1. The topological polar surface area (TPSA) is 108 Å². The van der Waals surface area contributed by atoms with Gasteiger partial charge in [-0.2, -0.15) is 0 Å². The zero-order chi connectivity index (χ0) is 18.5. The Morgan fingerprint density at radius 1 is 1.33 bits per heavy atom. The molecule has 0 bridgehead atoms. The summed E-state index contributed by atoms with van der Waals surface area (Å²) in [7, 11) is 0. The van der Waals surface area contributed by atoms with E-state index in [1.807, 2.05) is 0 Å². The fraction of sp³-hybridized carbons (Fsp3) is 0.733. The molecule has 2 unspecified atom stereocenters. The van der Waals surface area contributed by atoms with Crippen molar-refractivity contribution < 1.29 is 38.1 Å². The quantitative estimate of drug-likeness (QED) is 0.608. The highest BCUT2D eigenvalue weighted by Gasteiger charge is 2.51. The van der Waals surface area contributed by atoms with E-state index in [4.69, 9.17) is 9.47 Å².